The van der Waals surface area contributed by atoms with Crippen molar-refractivity contribution in [2.75, 3.05) is 12.3 Å². The first-order valence-corrected chi connectivity index (χ1v) is 8.79. The molecule has 12 heteroatoms. The number of aromatic hydroxyl groups is 1. The molecule has 1 saturated heterocycles. The number of halogens is 1. The molecule has 0 radical (unpaired) electrons. The number of para-hydroxylation sites is 1. The van der Waals surface area contributed by atoms with E-state index in [1.54, 1.807) is 12.1 Å². The van der Waals surface area contributed by atoms with Gasteiger partial charge < -0.3 is 36.1 Å². The van der Waals surface area contributed by atoms with E-state index in [2.05, 4.69) is 4.98 Å². The molecule has 30 heavy (non-hydrogen) atoms. The van der Waals surface area contributed by atoms with Crippen LogP contribution in [0.1, 0.15) is 17.4 Å². The standard InChI is InChI=1S/C18H21FN4O7/c19-6-5-10-7-21-17(27)23(15(10)20)16-18(28,14(26)13(9-24)30-16)22(29)8-11-3-1-2-4-12(11)25/h1-7,13-14,16,24-26,28-29H,8-9,20H2/b6-5+/t13-,14-,16?,18-/m1/s1. The number of aliphatic hydroxyl groups is 3. The zero-order valence-electron chi connectivity index (χ0n) is 15.5. The predicted octanol–water partition coefficient (Wildman–Crippen LogP) is -0.698. The lowest BCUT2D eigenvalue weighted by Gasteiger charge is -2.38. The third kappa shape index (κ3) is 3.56. The summed E-state index contributed by atoms with van der Waals surface area (Å²) >= 11 is 0. The van der Waals surface area contributed by atoms with Crippen LogP contribution < -0.4 is 11.4 Å². The van der Waals surface area contributed by atoms with Gasteiger partial charge in [0.1, 0.15) is 23.8 Å². The number of hydroxylamine groups is 2. The molecule has 1 aromatic carbocycles. The van der Waals surface area contributed by atoms with Crippen molar-refractivity contribution in [1.82, 2.24) is 14.6 Å². The summed E-state index contributed by atoms with van der Waals surface area (Å²) in [7, 11) is 0. The Morgan fingerprint density at radius 3 is 2.73 bits per heavy atom. The number of phenolic OH excluding ortho intramolecular Hbond substituents is 1. The molecule has 0 saturated carbocycles. The summed E-state index contributed by atoms with van der Waals surface area (Å²) in [5, 5.41) is 52.1. The summed E-state index contributed by atoms with van der Waals surface area (Å²) in [5.74, 6) is -0.564. The third-order valence-electron chi connectivity index (χ3n) is 4.91. The molecule has 1 unspecified atom stereocenters. The summed E-state index contributed by atoms with van der Waals surface area (Å²) < 4.78 is 18.7. The molecule has 2 aromatic rings. The molecule has 0 bridgehead atoms. The first kappa shape index (κ1) is 21.8. The number of anilines is 1. The summed E-state index contributed by atoms with van der Waals surface area (Å²) in [5.41, 5.74) is 2.34. The van der Waals surface area contributed by atoms with E-state index in [1.165, 1.54) is 12.1 Å². The monoisotopic (exact) mass is 424 g/mol. The largest absolute Gasteiger partial charge is 0.508 e. The van der Waals surface area contributed by atoms with Gasteiger partial charge in [0, 0.05) is 17.3 Å². The van der Waals surface area contributed by atoms with Crippen LogP contribution in [0.25, 0.3) is 6.08 Å². The van der Waals surface area contributed by atoms with Crippen molar-refractivity contribution in [3.63, 3.8) is 0 Å². The van der Waals surface area contributed by atoms with Crippen molar-refractivity contribution in [3.8, 4) is 5.75 Å². The minimum Gasteiger partial charge on any atom is -0.508 e. The van der Waals surface area contributed by atoms with Crippen molar-refractivity contribution < 1.29 is 34.8 Å². The van der Waals surface area contributed by atoms with E-state index >= 15 is 0 Å². The number of hydrogen-bond donors (Lipinski definition) is 6. The summed E-state index contributed by atoms with van der Waals surface area (Å²) in [4.78, 5) is 15.9. The van der Waals surface area contributed by atoms with Crippen molar-refractivity contribution in [2.24, 2.45) is 0 Å². The Bertz CT molecular complexity index is 1000. The van der Waals surface area contributed by atoms with Gasteiger partial charge in [-0.15, -0.1) is 5.06 Å². The molecule has 1 aromatic heterocycles. The van der Waals surface area contributed by atoms with E-state index in [4.69, 9.17) is 10.5 Å². The minimum atomic E-state index is -2.70. The number of rotatable bonds is 6. The number of aliphatic hydroxyl groups excluding tert-OH is 2. The van der Waals surface area contributed by atoms with Crippen LogP contribution in [0.15, 0.2) is 41.6 Å². The lowest BCUT2D eigenvalue weighted by molar-refractivity contribution is -0.318. The predicted molar refractivity (Wildman–Crippen MR) is 100 cm³/mol. The Morgan fingerprint density at radius 1 is 1.40 bits per heavy atom. The maximum Gasteiger partial charge on any atom is 0.351 e. The Kier molecular flexibility index (Phi) is 6.17. The number of aromatic nitrogens is 2. The van der Waals surface area contributed by atoms with Gasteiger partial charge in [-0.2, -0.15) is 0 Å². The molecule has 1 aliphatic heterocycles. The second-order valence-electron chi connectivity index (χ2n) is 6.67. The lowest BCUT2D eigenvalue weighted by Crippen LogP contribution is -2.59. The van der Waals surface area contributed by atoms with Crippen LogP contribution in [0.5, 0.6) is 5.75 Å². The van der Waals surface area contributed by atoms with Gasteiger partial charge >= 0.3 is 5.69 Å². The SMILES string of the molecule is Nc1c(/C=C/F)cnc(=O)n1C1O[C@H](CO)[C@@H](O)[C@]1(O)N(O)Cc1ccccc1O. The molecule has 7 N–H and O–H groups in total. The Balaban J connectivity index is 2.10. The van der Waals surface area contributed by atoms with Crippen molar-refractivity contribution in [3.05, 3.63) is 58.4 Å². The van der Waals surface area contributed by atoms with Crippen LogP contribution in [0.3, 0.4) is 0 Å². The van der Waals surface area contributed by atoms with E-state index in [0.29, 0.717) is 4.57 Å². The van der Waals surface area contributed by atoms with Gasteiger partial charge in [-0.1, -0.05) is 18.2 Å². The van der Waals surface area contributed by atoms with Crippen LogP contribution >= 0.6 is 0 Å². The lowest BCUT2D eigenvalue weighted by atomic mass is 10.0. The van der Waals surface area contributed by atoms with Gasteiger partial charge in [0.2, 0.25) is 5.72 Å². The summed E-state index contributed by atoms with van der Waals surface area (Å²) in [6.45, 7) is -1.26. The van der Waals surface area contributed by atoms with Gasteiger partial charge in [-0.3, -0.25) is 0 Å². The molecule has 0 aliphatic carbocycles. The first-order chi connectivity index (χ1) is 14.2. The van der Waals surface area contributed by atoms with E-state index in [0.717, 1.165) is 12.3 Å². The first-order valence-electron chi connectivity index (χ1n) is 8.79. The number of phenols is 1. The fraction of sp³-hybridized carbons (Fsp3) is 0.333. The second kappa shape index (κ2) is 8.47. The minimum absolute atomic E-state index is 0.0322. The van der Waals surface area contributed by atoms with Gasteiger partial charge in [-0.25, -0.2) is 18.7 Å². The molecule has 4 atom stereocenters. The normalized spacial score (nSPS) is 26.7. The highest BCUT2D eigenvalue weighted by atomic mass is 19.1. The number of nitrogens with two attached hydrogens (primary N) is 1. The van der Waals surface area contributed by atoms with Crippen molar-refractivity contribution >= 4 is 11.9 Å². The number of nitrogen functional groups attached to an aromatic ring is 1. The van der Waals surface area contributed by atoms with Crippen LogP contribution in [0.4, 0.5) is 10.2 Å². The fourth-order valence-electron chi connectivity index (χ4n) is 3.28. The Labute approximate surface area is 169 Å². The number of nitrogens with zero attached hydrogens (tertiary/aromatic N) is 3. The maximum atomic E-state index is 12.6. The van der Waals surface area contributed by atoms with E-state index in [1.807, 2.05) is 0 Å². The van der Waals surface area contributed by atoms with Crippen LogP contribution in [-0.4, -0.2) is 64.8 Å². The molecule has 0 spiro atoms. The maximum absolute atomic E-state index is 12.6. The average molecular weight is 424 g/mol. The number of ether oxygens (including phenoxy) is 1. The molecule has 1 aliphatic rings. The topological polar surface area (TPSA) is 175 Å². The van der Waals surface area contributed by atoms with Crippen LogP contribution in [0, 0.1) is 0 Å². The van der Waals surface area contributed by atoms with Gasteiger partial charge in [0.05, 0.1) is 19.5 Å². The molecule has 0 amide bonds. The Hall–Kier alpha value is -2.87. The zero-order valence-corrected chi connectivity index (χ0v) is 15.5. The molecular formula is C18H21FN4O7. The molecule has 2 heterocycles. The van der Waals surface area contributed by atoms with E-state index in [-0.39, 0.29) is 34.1 Å². The second-order valence-corrected chi connectivity index (χ2v) is 6.67. The number of benzene rings is 1. The molecule has 3 rings (SSSR count). The van der Waals surface area contributed by atoms with Gasteiger partial charge in [0.15, 0.2) is 6.23 Å². The Morgan fingerprint density at radius 2 is 2.10 bits per heavy atom. The molecular weight excluding hydrogens is 403 g/mol. The third-order valence-corrected chi connectivity index (χ3v) is 4.91. The van der Waals surface area contributed by atoms with Crippen molar-refractivity contribution in [2.45, 2.75) is 30.7 Å². The highest BCUT2D eigenvalue weighted by Crippen LogP contribution is 2.41. The van der Waals surface area contributed by atoms with Crippen LogP contribution in [-0.2, 0) is 11.3 Å². The summed E-state index contributed by atoms with van der Waals surface area (Å²) in [6, 6.07) is 5.92. The summed E-state index contributed by atoms with van der Waals surface area (Å²) in [6.07, 6.45) is -3.09. The van der Waals surface area contributed by atoms with E-state index < -0.39 is 43.0 Å². The number of hydrogen-bond acceptors (Lipinski definition) is 10. The molecule has 162 valence electrons. The van der Waals surface area contributed by atoms with Crippen LogP contribution in [0.2, 0.25) is 0 Å². The highest BCUT2D eigenvalue weighted by molar-refractivity contribution is 5.59. The van der Waals surface area contributed by atoms with Crippen molar-refractivity contribution in [1.29, 1.82) is 0 Å². The molecule has 11 nitrogen and oxygen atoms in total. The smallest absolute Gasteiger partial charge is 0.351 e. The van der Waals surface area contributed by atoms with Gasteiger partial charge in [-0.05, 0) is 12.1 Å². The quantitative estimate of drug-likeness (QED) is 0.257. The fourth-order valence-corrected chi connectivity index (χ4v) is 3.28. The highest BCUT2D eigenvalue weighted by Gasteiger charge is 2.60. The molecule has 1 fully saturated rings. The van der Waals surface area contributed by atoms with E-state index in [9.17, 15) is 34.8 Å². The average Bonchev–Trinajstić information content (AvgIpc) is 2.98. The van der Waals surface area contributed by atoms with Gasteiger partial charge in [0.25, 0.3) is 0 Å². The zero-order chi connectivity index (χ0) is 22.1.